The maximum absolute atomic E-state index is 13.3. The van der Waals surface area contributed by atoms with E-state index in [0.717, 1.165) is 16.0 Å². The number of nitrogens with zero attached hydrogens (tertiary/aromatic N) is 1. The van der Waals surface area contributed by atoms with E-state index in [1.165, 1.54) is 12.1 Å². The van der Waals surface area contributed by atoms with Gasteiger partial charge in [0.05, 0.1) is 15.9 Å². The van der Waals surface area contributed by atoms with Gasteiger partial charge in [0.2, 0.25) is 0 Å². The van der Waals surface area contributed by atoms with Gasteiger partial charge in [-0.25, -0.2) is 9.69 Å². The molecule has 1 saturated heterocycles. The minimum Gasteiger partial charge on any atom is -0.490 e. The molecule has 3 aromatic carbocycles. The molecule has 0 aromatic heterocycles. The normalized spacial score (nSPS) is 14.3. The Kier molecular flexibility index (Phi) is 9.10. The number of aryl methyl sites for hydroxylation is 2. The zero-order valence-corrected chi connectivity index (χ0v) is 24.8. The minimum atomic E-state index is -0.871. The van der Waals surface area contributed by atoms with E-state index < -0.39 is 17.8 Å². The lowest BCUT2D eigenvalue weighted by Gasteiger charge is -2.26. The number of carbonyl (C=O) groups is 4. The molecule has 2 N–H and O–H groups in total. The van der Waals surface area contributed by atoms with Gasteiger partial charge < -0.3 is 14.8 Å². The van der Waals surface area contributed by atoms with Crippen LogP contribution in [0, 0.1) is 17.4 Å². The zero-order chi connectivity index (χ0) is 29.0. The first-order chi connectivity index (χ1) is 19.1. The number of ether oxygens (including phenoxy) is 2. The third kappa shape index (κ3) is 6.62. The Labute approximate surface area is 249 Å². The van der Waals surface area contributed by atoms with E-state index in [9.17, 15) is 19.2 Å². The molecule has 0 spiro atoms. The Morgan fingerprint density at radius 1 is 1.05 bits per heavy atom. The summed E-state index contributed by atoms with van der Waals surface area (Å²) in [6.45, 7) is 5.58. The molecule has 9 nitrogen and oxygen atoms in total. The van der Waals surface area contributed by atoms with Crippen molar-refractivity contribution in [2.45, 2.75) is 20.8 Å². The van der Waals surface area contributed by atoms with Crippen molar-refractivity contribution in [2.24, 2.45) is 0 Å². The summed E-state index contributed by atoms with van der Waals surface area (Å²) in [6, 6.07) is 14.5. The Hall–Kier alpha value is -3.90. The SMILES string of the molecule is CCOc1cc(/C=C2\C(=O)NC(=O)N(c3ccc(C)c(Cl)c3)C2=O)cc(I)c1OCC(=O)Nc1ccc(C)cc1. The summed E-state index contributed by atoms with van der Waals surface area (Å²) in [5, 5.41) is 5.35. The summed E-state index contributed by atoms with van der Waals surface area (Å²) in [5.74, 6) is -1.31. The quantitative estimate of drug-likeness (QED) is 0.182. The van der Waals surface area contributed by atoms with E-state index in [1.54, 1.807) is 50.2 Å². The van der Waals surface area contributed by atoms with Crippen LogP contribution < -0.4 is 25.0 Å². The smallest absolute Gasteiger partial charge is 0.335 e. The number of imide groups is 2. The Morgan fingerprint density at radius 3 is 2.45 bits per heavy atom. The lowest BCUT2D eigenvalue weighted by molar-refractivity contribution is -0.122. The van der Waals surface area contributed by atoms with Crippen LogP contribution >= 0.6 is 34.2 Å². The summed E-state index contributed by atoms with van der Waals surface area (Å²) >= 11 is 8.21. The second-order valence-electron chi connectivity index (χ2n) is 8.86. The van der Waals surface area contributed by atoms with Gasteiger partial charge in [-0.05, 0) is 97.0 Å². The van der Waals surface area contributed by atoms with Crippen LogP contribution in [0.1, 0.15) is 23.6 Å². The number of halogens is 2. The first-order valence-electron chi connectivity index (χ1n) is 12.2. The highest BCUT2D eigenvalue weighted by Crippen LogP contribution is 2.35. The lowest BCUT2D eigenvalue weighted by atomic mass is 10.1. The van der Waals surface area contributed by atoms with Crippen molar-refractivity contribution >= 4 is 75.4 Å². The van der Waals surface area contributed by atoms with E-state index in [0.29, 0.717) is 37.9 Å². The molecule has 4 rings (SSSR count). The van der Waals surface area contributed by atoms with Crippen LogP contribution in [0.15, 0.2) is 60.2 Å². The number of anilines is 2. The highest BCUT2D eigenvalue weighted by molar-refractivity contribution is 14.1. The Balaban J connectivity index is 1.58. The summed E-state index contributed by atoms with van der Waals surface area (Å²) in [6.07, 6.45) is 1.37. The monoisotopic (exact) mass is 673 g/mol. The van der Waals surface area contributed by atoms with Crippen LogP contribution in [-0.2, 0) is 14.4 Å². The Morgan fingerprint density at radius 2 is 1.77 bits per heavy atom. The van der Waals surface area contributed by atoms with Gasteiger partial charge in [-0.3, -0.25) is 19.7 Å². The van der Waals surface area contributed by atoms with Gasteiger partial charge in [-0.15, -0.1) is 0 Å². The first-order valence-corrected chi connectivity index (χ1v) is 13.7. The number of hydrogen-bond donors (Lipinski definition) is 2. The van der Waals surface area contributed by atoms with Gasteiger partial charge in [0.1, 0.15) is 5.57 Å². The van der Waals surface area contributed by atoms with Gasteiger partial charge >= 0.3 is 6.03 Å². The van der Waals surface area contributed by atoms with Crippen molar-refractivity contribution in [1.82, 2.24) is 5.32 Å². The number of hydrogen-bond acceptors (Lipinski definition) is 6. The summed E-state index contributed by atoms with van der Waals surface area (Å²) in [7, 11) is 0. The van der Waals surface area contributed by atoms with Crippen molar-refractivity contribution in [3.8, 4) is 11.5 Å². The summed E-state index contributed by atoms with van der Waals surface area (Å²) in [5.41, 5.74) is 2.94. The molecule has 1 aliphatic rings. The number of rotatable bonds is 8. The number of urea groups is 1. The van der Waals surface area contributed by atoms with Crippen LogP contribution in [0.25, 0.3) is 6.08 Å². The lowest BCUT2D eigenvalue weighted by Crippen LogP contribution is -2.54. The molecule has 206 valence electrons. The van der Waals surface area contributed by atoms with Crippen LogP contribution in [0.5, 0.6) is 11.5 Å². The maximum Gasteiger partial charge on any atom is 0.335 e. The zero-order valence-electron chi connectivity index (χ0n) is 21.8. The van der Waals surface area contributed by atoms with Crippen LogP contribution in [-0.4, -0.2) is 37.0 Å². The predicted octanol–water partition coefficient (Wildman–Crippen LogP) is 5.64. The number of amides is 5. The molecule has 3 aromatic rings. The average Bonchev–Trinajstić information content (AvgIpc) is 2.89. The van der Waals surface area contributed by atoms with Crippen LogP contribution in [0.4, 0.5) is 16.2 Å². The molecule has 5 amide bonds. The summed E-state index contributed by atoms with van der Waals surface area (Å²) in [4.78, 5) is 51.8. The van der Waals surface area contributed by atoms with E-state index in [-0.39, 0.29) is 23.8 Å². The molecule has 0 saturated carbocycles. The minimum absolute atomic E-state index is 0.230. The van der Waals surface area contributed by atoms with Gasteiger partial charge in [0.25, 0.3) is 17.7 Å². The van der Waals surface area contributed by atoms with Crippen molar-refractivity contribution in [2.75, 3.05) is 23.4 Å². The molecule has 0 bridgehead atoms. The second-order valence-corrected chi connectivity index (χ2v) is 10.4. The van der Waals surface area contributed by atoms with Gasteiger partial charge in [-0.2, -0.15) is 0 Å². The second kappa shape index (κ2) is 12.5. The van der Waals surface area contributed by atoms with Crippen molar-refractivity contribution in [3.63, 3.8) is 0 Å². The van der Waals surface area contributed by atoms with E-state index in [4.69, 9.17) is 21.1 Å². The molecular weight excluding hydrogens is 649 g/mol. The van der Waals surface area contributed by atoms with Gasteiger partial charge in [-0.1, -0.05) is 35.4 Å². The van der Waals surface area contributed by atoms with Crippen molar-refractivity contribution in [3.05, 3.63) is 85.5 Å². The predicted molar refractivity (Wildman–Crippen MR) is 161 cm³/mol. The fourth-order valence-electron chi connectivity index (χ4n) is 3.83. The Bertz CT molecular complexity index is 1540. The number of carbonyl (C=O) groups excluding carboxylic acids is 4. The third-order valence-corrected chi connectivity index (χ3v) is 7.05. The third-order valence-electron chi connectivity index (χ3n) is 5.84. The highest BCUT2D eigenvalue weighted by Gasteiger charge is 2.37. The largest absolute Gasteiger partial charge is 0.490 e. The van der Waals surface area contributed by atoms with Gasteiger partial charge in [0, 0.05) is 10.7 Å². The molecule has 0 atom stereocenters. The van der Waals surface area contributed by atoms with Crippen LogP contribution in [0.2, 0.25) is 5.02 Å². The number of barbiturate groups is 1. The molecule has 0 unspecified atom stereocenters. The molecule has 1 fully saturated rings. The maximum atomic E-state index is 13.3. The van der Waals surface area contributed by atoms with E-state index in [2.05, 4.69) is 10.6 Å². The standard InChI is InChI=1S/C29H25ClIN3O6/c1-4-39-24-13-18(12-23(31)26(24)40-15-25(35)32-19-8-5-16(2)6-9-19)11-21-27(36)33-29(38)34(28(21)37)20-10-7-17(3)22(30)14-20/h5-14H,4,15H2,1-3H3,(H,32,35)(H,33,36,38)/b21-11+. The molecule has 0 radical (unpaired) electrons. The van der Waals surface area contributed by atoms with Gasteiger partial charge in [0.15, 0.2) is 18.1 Å². The molecule has 0 aliphatic carbocycles. The van der Waals surface area contributed by atoms with E-state index >= 15 is 0 Å². The number of benzene rings is 3. The molecule has 40 heavy (non-hydrogen) atoms. The fraction of sp³-hybridized carbons (Fsp3) is 0.172. The highest BCUT2D eigenvalue weighted by atomic mass is 127. The topological polar surface area (TPSA) is 114 Å². The molecule has 1 heterocycles. The summed E-state index contributed by atoms with van der Waals surface area (Å²) < 4.78 is 12.1. The van der Waals surface area contributed by atoms with E-state index in [1.807, 2.05) is 41.6 Å². The number of nitrogens with one attached hydrogen (secondary N) is 2. The average molecular weight is 674 g/mol. The van der Waals surface area contributed by atoms with Crippen molar-refractivity contribution in [1.29, 1.82) is 0 Å². The molecular formula is C29H25ClIN3O6. The van der Waals surface area contributed by atoms with Crippen LogP contribution in [0.3, 0.4) is 0 Å². The van der Waals surface area contributed by atoms with Crippen molar-refractivity contribution < 1.29 is 28.7 Å². The first kappa shape index (κ1) is 29.1. The molecule has 11 heteroatoms. The molecule has 1 aliphatic heterocycles. The fourth-order valence-corrected chi connectivity index (χ4v) is 4.78.